The number of ether oxygens (including phenoxy) is 1. The highest BCUT2D eigenvalue weighted by Crippen LogP contribution is 2.27. The van der Waals surface area contributed by atoms with Gasteiger partial charge in [0.1, 0.15) is 16.9 Å². The highest BCUT2D eigenvalue weighted by atomic mass is 16.6. The van der Waals surface area contributed by atoms with E-state index in [4.69, 9.17) is 10.5 Å². The first-order chi connectivity index (χ1) is 13.6. The summed E-state index contributed by atoms with van der Waals surface area (Å²) in [6, 6.07) is 5.96. The van der Waals surface area contributed by atoms with Gasteiger partial charge in [-0.25, -0.2) is 4.79 Å². The number of para-hydroxylation sites is 1. The van der Waals surface area contributed by atoms with E-state index in [0.717, 1.165) is 15.3 Å². The van der Waals surface area contributed by atoms with Crippen molar-refractivity contribution >= 4 is 34.6 Å². The highest BCUT2D eigenvalue weighted by molar-refractivity contribution is 6.23. The third-order valence-corrected chi connectivity index (χ3v) is 4.33. The Kier molecular flexibility index (Phi) is 3.83. The summed E-state index contributed by atoms with van der Waals surface area (Å²) in [6.07, 6.45) is 0.716. The van der Waals surface area contributed by atoms with Gasteiger partial charge in [-0.1, -0.05) is 12.1 Å². The van der Waals surface area contributed by atoms with Crippen LogP contribution in [0.2, 0.25) is 0 Å². The molecule has 3 N–H and O–H groups in total. The molecule has 0 atom stereocenters. The van der Waals surface area contributed by atoms with Crippen LogP contribution in [0.3, 0.4) is 0 Å². The van der Waals surface area contributed by atoms with E-state index >= 15 is 0 Å². The van der Waals surface area contributed by atoms with E-state index in [2.05, 4.69) is 10.4 Å². The number of carbonyl (C=O) groups is 3. The number of fused-ring (bicyclic) bond motifs is 2. The second-order valence-corrected chi connectivity index (χ2v) is 7.53. The Labute approximate surface area is 163 Å². The van der Waals surface area contributed by atoms with Crippen LogP contribution in [0.25, 0.3) is 16.6 Å². The molecule has 148 valence electrons. The normalized spacial score (nSPS) is 13.5. The number of hydrogen-bond donors (Lipinski definition) is 2. The molecule has 3 aromatic rings. The van der Waals surface area contributed by atoms with E-state index in [-0.39, 0.29) is 28.1 Å². The molecule has 10 nitrogen and oxygen atoms in total. The topological polar surface area (TPSA) is 138 Å². The molecule has 1 aromatic carbocycles. The van der Waals surface area contributed by atoms with E-state index in [1.54, 1.807) is 39.0 Å². The number of hydrogen-bond acceptors (Lipinski definition) is 7. The zero-order valence-electron chi connectivity index (χ0n) is 15.8. The Bertz CT molecular complexity index is 1280. The molecule has 2 amide bonds. The Morgan fingerprint density at radius 3 is 2.59 bits per heavy atom. The molecule has 0 unspecified atom stereocenters. The van der Waals surface area contributed by atoms with Crippen LogP contribution < -0.4 is 16.6 Å². The van der Waals surface area contributed by atoms with Crippen molar-refractivity contribution < 1.29 is 19.1 Å². The van der Waals surface area contributed by atoms with E-state index in [1.165, 1.54) is 6.20 Å². The molecule has 3 heterocycles. The van der Waals surface area contributed by atoms with Gasteiger partial charge in [0.2, 0.25) is 0 Å². The van der Waals surface area contributed by atoms with Crippen molar-refractivity contribution in [2.45, 2.75) is 26.4 Å². The van der Waals surface area contributed by atoms with Crippen molar-refractivity contribution in [1.29, 1.82) is 0 Å². The second kappa shape index (κ2) is 6.03. The predicted octanol–water partition coefficient (Wildman–Crippen LogP) is 1.44. The number of amides is 2. The molecule has 4 rings (SSSR count). The molecule has 0 saturated carbocycles. The Morgan fingerprint density at radius 1 is 1.17 bits per heavy atom. The van der Waals surface area contributed by atoms with Gasteiger partial charge in [0.15, 0.2) is 0 Å². The fraction of sp³-hybridized carbons (Fsp3) is 0.211. The quantitative estimate of drug-likeness (QED) is 0.594. The first kappa shape index (κ1) is 18.4. The number of pyridine rings is 1. The van der Waals surface area contributed by atoms with Gasteiger partial charge in [0.05, 0.1) is 23.0 Å². The van der Waals surface area contributed by atoms with Gasteiger partial charge in [-0.05, 0) is 26.8 Å². The van der Waals surface area contributed by atoms with Crippen LogP contribution in [0.1, 0.15) is 41.5 Å². The van der Waals surface area contributed by atoms with Crippen molar-refractivity contribution in [2.24, 2.45) is 0 Å². The summed E-state index contributed by atoms with van der Waals surface area (Å²) < 4.78 is 7.48. The first-order valence-electron chi connectivity index (χ1n) is 8.70. The summed E-state index contributed by atoms with van der Waals surface area (Å²) in [5, 5.41) is 6.75. The first-order valence-corrected chi connectivity index (χ1v) is 8.70. The van der Waals surface area contributed by atoms with Crippen LogP contribution in [0.4, 0.5) is 10.6 Å². The number of nitrogens with zero attached hydrogens (tertiary/aromatic N) is 3. The predicted molar refractivity (Wildman–Crippen MR) is 103 cm³/mol. The maximum atomic E-state index is 12.8. The number of anilines is 1. The number of carbonyl (C=O) groups excluding carboxylic acids is 3. The van der Waals surface area contributed by atoms with Gasteiger partial charge in [-0.3, -0.25) is 24.3 Å². The second-order valence-electron chi connectivity index (χ2n) is 7.53. The maximum absolute atomic E-state index is 12.8. The Balaban J connectivity index is 2.00. The van der Waals surface area contributed by atoms with Crippen LogP contribution >= 0.6 is 0 Å². The number of nitrogen functional groups attached to an aromatic ring is 1. The van der Waals surface area contributed by atoms with Crippen LogP contribution in [0.15, 0.2) is 35.3 Å². The van der Waals surface area contributed by atoms with Crippen molar-refractivity contribution in [3.63, 3.8) is 0 Å². The van der Waals surface area contributed by atoms with Gasteiger partial charge in [-0.15, -0.1) is 0 Å². The lowest BCUT2D eigenvalue weighted by Gasteiger charge is -2.20. The zero-order chi connectivity index (χ0) is 21.1. The molecule has 0 aliphatic carbocycles. The zero-order valence-corrected chi connectivity index (χ0v) is 15.8. The van der Waals surface area contributed by atoms with Crippen LogP contribution in [-0.2, 0) is 4.74 Å². The van der Waals surface area contributed by atoms with Crippen molar-refractivity contribution in [1.82, 2.24) is 19.7 Å². The minimum atomic E-state index is -0.758. The van der Waals surface area contributed by atoms with Gasteiger partial charge in [0.25, 0.3) is 17.4 Å². The Hall–Kier alpha value is -3.95. The molecule has 29 heavy (non-hydrogen) atoms. The lowest BCUT2D eigenvalue weighted by atomic mass is 10.1. The van der Waals surface area contributed by atoms with E-state index in [0.29, 0.717) is 5.39 Å². The molecular formula is C19H17N5O5. The number of benzene rings is 1. The summed E-state index contributed by atoms with van der Waals surface area (Å²) in [4.78, 5) is 49.4. The number of rotatable bonds is 1. The maximum Gasteiger partial charge on any atom is 0.435 e. The van der Waals surface area contributed by atoms with Crippen LogP contribution in [-0.4, -0.2) is 37.9 Å². The van der Waals surface area contributed by atoms with Gasteiger partial charge < -0.3 is 10.5 Å². The monoisotopic (exact) mass is 395 g/mol. The minimum absolute atomic E-state index is 0.0819. The van der Waals surface area contributed by atoms with Gasteiger partial charge >= 0.3 is 6.09 Å². The molecule has 0 fully saturated rings. The van der Waals surface area contributed by atoms with Crippen molar-refractivity contribution in [3.05, 3.63) is 51.9 Å². The molecule has 1 aliphatic rings. The number of aromatic nitrogens is 3. The molecule has 0 bridgehead atoms. The van der Waals surface area contributed by atoms with Crippen LogP contribution in [0, 0.1) is 0 Å². The van der Waals surface area contributed by atoms with Crippen molar-refractivity contribution in [2.75, 3.05) is 5.73 Å². The van der Waals surface area contributed by atoms with Gasteiger partial charge in [-0.2, -0.15) is 9.78 Å². The van der Waals surface area contributed by atoms with Gasteiger partial charge in [0, 0.05) is 11.5 Å². The number of nitrogens with two attached hydrogens (primary N) is 1. The molecule has 2 aromatic heterocycles. The molecular weight excluding hydrogens is 378 g/mol. The summed E-state index contributed by atoms with van der Waals surface area (Å²) in [7, 11) is 0. The molecule has 0 radical (unpaired) electrons. The summed E-state index contributed by atoms with van der Waals surface area (Å²) in [6.45, 7) is 5.16. The van der Waals surface area contributed by atoms with Crippen molar-refractivity contribution in [3.8, 4) is 5.69 Å². The van der Waals surface area contributed by atoms with E-state index < -0.39 is 29.1 Å². The molecule has 10 heteroatoms. The fourth-order valence-electron chi connectivity index (χ4n) is 3.21. The average Bonchev–Trinajstić information content (AvgIpc) is 3.15. The highest BCUT2D eigenvalue weighted by Gasteiger charge is 2.32. The van der Waals surface area contributed by atoms with Crippen LogP contribution in [0.5, 0.6) is 0 Å². The number of nitrogens with one attached hydrogen (secondary N) is 1. The summed E-state index contributed by atoms with van der Waals surface area (Å²) in [5.74, 6) is -1.58. The molecule has 0 spiro atoms. The smallest absolute Gasteiger partial charge is 0.435 e. The third kappa shape index (κ3) is 2.85. The van der Waals surface area contributed by atoms with E-state index in [1.807, 2.05) is 0 Å². The lowest BCUT2D eigenvalue weighted by Crippen LogP contribution is -2.29. The Morgan fingerprint density at radius 2 is 1.90 bits per heavy atom. The largest absolute Gasteiger partial charge is 0.442 e. The standard InChI is InChI=1S/C19H17N5O5/c1-19(2,3)29-18(28)24-14-9(8-21-24)5-4-6-11(14)23-12(25)7-10-13(15(23)20)17(27)22-16(10)26/h4-8H,20H2,1-3H3,(H,22,26,27). The molecule has 0 saturated heterocycles. The summed E-state index contributed by atoms with van der Waals surface area (Å²) in [5.41, 5.74) is 5.06. The van der Waals surface area contributed by atoms with E-state index in [9.17, 15) is 19.2 Å². The number of imide groups is 1. The fourth-order valence-corrected chi connectivity index (χ4v) is 3.21. The SMILES string of the molecule is CC(C)(C)OC(=O)n1ncc2cccc(-n3c(N)c4c(cc3=O)C(=O)NC4=O)c21. The third-order valence-electron chi connectivity index (χ3n) is 4.33. The lowest BCUT2D eigenvalue weighted by molar-refractivity contribution is 0.0522. The average molecular weight is 395 g/mol. The molecule has 1 aliphatic heterocycles. The summed E-state index contributed by atoms with van der Waals surface area (Å²) >= 11 is 0. The minimum Gasteiger partial charge on any atom is -0.442 e.